The van der Waals surface area contributed by atoms with Gasteiger partial charge in [0.05, 0.1) is 0 Å². The molecule has 0 unspecified atom stereocenters. The van der Waals surface area contributed by atoms with Crippen LogP contribution in [0.3, 0.4) is 0 Å². The molecule has 0 fully saturated rings. The number of halogens is 1. The molecule has 0 N–H and O–H groups in total. The Morgan fingerprint density at radius 2 is 0.955 bits per heavy atom. The van der Waals surface area contributed by atoms with Crippen LogP contribution in [0.4, 0.5) is 0 Å². The first-order valence-electron chi connectivity index (χ1n) is 7.43. The summed E-state index contributed by atoms with van der Waals surface area (Å²) >= 11 is 4.27. The van der Waals surface area contributed by atoms with E-state index in [1.807, 2.05) is 0 Å². The van der Waals surface area contributed by atoms with E-state index in [4.69, 9.17) is 0 Å². The van der Waals surface area contributed by atoms with Crippen molar-refractivity contribution in [3.05, 3.63) is 90.5 Å². The Balaban J connectivity index is 2.34. The van der Waals surface area contributed by atoms with E-state index in [-0.39, 0.29) is 0 Å². The third-order valence-electron chi connectivity index (χ3n) is 4.39. The number of hydrogen-bond acceptors (Lipinski definition) is 0. The molecule has 3 aromatic rings. The van der Waals surface area contributed by atoms with E-state index >= 15 is 0 Å². The molecule has 0 saturated heterocycles. The third kappa shape index (κ3) is 2.43. The molecule has 0 aliphatic carbocycles. The van der Waals surface area contributed by atoms with Crippen molar-refractivity contribution in [3.63, 3.8) is 0 Å². The Kier molecular flexibility index (Phi) is 3.97. The fourth-order valence-electron chi connectivity index (χ4n) is 2.91. The second kappa shape index (κ2) is 5.65. The SMILES string of the molecule is Cc1ccc(P(C)(Br)(c2ccccc2)c2ccccc2)cc1. The van der Waals surface area contributed by atoms with Gasteiger partial charge in [0.1, 0.15) is 0 Å². The summed E-state index contributed by atoms with van der Waals surface area (Å²) in [5, 5.41) is 1.47. The predicted octanol–water partition coefficient (Wildman–Crippen LogP) is 4.76. The van der Waals surface area contributed by atoms with Crippen molar-refractivity contribution in [2.45, 2.75) is 6.92 Å². The van der Waals surface area contributed by atoms with Gasteiger partial charge in [0.25, 0.3) is 0 Å². The van der Waals surface area contributed by atoms with E-state index in [2.05, 4.69) is 114 Å². The second-order valence-electron chi connectivity index (χ2n) is 5.94. The molecule has 0 bridgehead atoms. The van der Waals surface area contributed by atoms with Crippen LogP contribution in [-0.4, -0.2) is 6.66 Å². The van der Waals surface area contributed by atoms with E-state index in [0.29, 0.717) is 0 Å². The molecule has 0 radical (unpaired) electrons. The molecule has 3 rings (SSSR count). The Labute approximate surface area is 140 Å². The summed E-state index contributed by atoms with van der Waals surface area (Å²) in [5.74, 6) is 0. The molecule has 112 valence electrons. The molecule has 0 saturated carbocycles. The van der Waals surface area contributed by atoms with Gasteiger partial charge in [-0.3, -0.25) is 0 Å². The first-order valence-corrected chi connectivity index (χ1v) is 12.1. The van der Waals surface area contributed by atoms with E-state index in [0.717, 1.165) is 0 Å². The summed E-state index contributed by atoms with van der Waals surface area (Å²) in [4.78, 5) is 0. The maximum atomic E-state index is 4.27. The van der Waals surface area contributed by atoms with Gasteiger partial charge in [0.15, 0.2) is 0 Å². The number of benzene rings is 3. The molecular formula is C20H20BrP. The van der Waals surface area contributed by atoms with Gasteiger partial charge in [-0.15, -0.1) is 0 Å². The first kappa shape index (κ1) is 15.5. The van der Waals surface area contributed by atoms with Gasteiger partial charge < -0.3 is 0 Å². The molecule has 0 amide bonds. The van der Waals surface area contributed by atoms with Crippen LogP contribution >= 0.6 is 20.8 Å². The first-order chi connectivity index (χ1) is 10.5. The van der Waals surface area contributed by atoms with Crippen LogP contribution < -0.4 is 15.9 Å². The van der Waals surface area contributed by atoms with E-state index in [1.54, 1.807) is 0 Å². The summed E-state index contributed by atoms with van der Waals surface area (Å²) in [6, 6.07) is 30.5. The zero-order chi connectivity index (χ0) is 15.7. The van der Waals surface area contributed by atoms with Crippen LogP contribution in [0.1, 0.15) is 5.56 Å². The van der Waals surface area contributed by atoms with Gasteiger partial charge in [-0.2, -0.15) is 0 Å². The zero-order valence-corrected chi connectivity index (χ0v) is 15.4. The molecule has 0 spiro atoms. The molecule has 0 aromatic heterocycles. The molecule has 0 atom stereocenters. The van der Waals surface area contributed by atoms with Crippen LogP contribution in [0.15, 0.2) is 84.9 Å². The molecular weight excluding hydrogens is 351 g/mol. The maximum absolute atomic E-state index is 4.27. The van der Waals surface area contributed by atoms with Crippen LogP contribution in [0.5, 0.6) is 0 Å². The van der Waals surface area contributed by atoms with Crippen LogP contribution in [0, 0.1) is 6.92 Å². The van der Waals surface area contributed by atoms with Gasteiger partial charge in [-0.25, -0.2) is 0 Å². The Morgan fingerprint density at radius 1 is 0.591 bits per heavy atom. The number of hydrogen-bond donors (Lipinski definition) is 0. The van der Waals surface area contributed by atoms with Crippen molar-refractivity contribution in [1.82, 2.24) is 0 Å². The van der Waals surface area contributed by atoms with Crippen LogP contribution in [-0.2, 0) is 0 Å². The Bertz CT molecular complexity index is 718. The average molecular weight is 371 g/mol. The number of rotatable bonds is 3. The fourth-order valence-corrected chi connectivity index (χ4v) is 8.55. The topological polar surface area (TPSA) is 0 Å². The quantitative estimate of drug-likeness (QED) is 0.582. The van der Waals surface area contributed by atoms with E-state index < -0.39 is 5.31 Å². The fraction of sp³-hybridized carbons (Fsp3) is 0.100. The monoisotopic (exact) mass is 370 g/mol. The van der Waals surface area contributed by atoms with E-state index in [1.165, 1.54) is 21.5 Å². The molecule has 0 nitrogen and oxygen atoms in total. The summed E-state index contributed by atoms with van der Waals surface area (Å²) in [5.41, 5.74) is 1.29. The van der Waals surface area contributed by atoms with Crippen molar-refractivity contribution in [2.75, 3.05) is 6.66 Å². The normalized spacial score (nSPS) is 13.3. The molecule has 22 heavy (non-hydrogen) atoms. The summed E-state index contributed by atoms with van der Waals surface area (Å²) in [7, 11) is 0. The molecule has 0 aliphatic rings. The van der Waals surface area contributed by atoms with Gasteiger partial charge in [-0.1, -0.05) is 0 Å². The van der Waals surface area contributed by atoms with Crippen molar-refractivity contribution in [1.29, 1.82) is 0 Å². The van der Waals surface area contributed by atoms with Crippen LogP contribution in [0.2, 0.25) is 0 Å². The average Bonchev–Trinajstić information content (AvgIpc) is 2.57. The molecule has 3 aromatic carbocycles. The standard InChI is InChI=1S/C20H20BrP/c1-17-13-15-20(16-14-17)22(2,21,18-9-5-3-6-10-18)19-11-7-4-8-12-19/h3-16H,1-2H3. The van der Waals surface area contributed by atoms with Crippen molar-refractivity contribution >= 4 is 36.7 Å². The van der Waals surface area contributed by atoms with Crippen molar-refractivity contribution in [2.24, 2.45) is 0 Å². The second-order valence-corrected chi connectivity index (χ2v) is 15.7. The number of aryl methyl sites for hydroxylation is 1. The Hall–Kier alpha value is -1.43. The molecule has 2 heteroatoms. The van der Waals surface area contributed by atoms with Gasteiger partial charge in [0, 0.05) is 0 Å². The third-order valence-corrected chi connectivity index (χ3v) is 12.7. The summed E-state index contributed by atoms with van der Waals surface area (Å²) in [6.07, 6.45) is 0. The molecule has 0 aliphatic heterocycles. The van der Waals surface area contributed by atoms with Crippen LogP contribution in [0.25, 0.3) is 0 Å². The van der Waals surface area contributed by atoms with Crippen molar-refractivity contribution in [3.8, 4) is 0 Å². The van der Waals surface area contributed by atoms with E-state index in [9.17, 15) is 0 Å². The summed E-state index contributed by atoms with van der Waals surface area (Å²) < 4.78 is 0. The minimum atomic E-state index is -2.59. The van der Waals surface area contributed by atoms with Gasteiger partial charge >= 0.3 is 141 Å². The Morgan fingerprint density at radius 3 is 1.36 bits per heavy atom. The predicted molar refractivity (Wildman–Crippen MR) is 105 cm³/mol. The minimum absolute atomic E-state index is 1.29. The molecule has 0 heterocycles. The van der Waals surface area contributed by atoms with Gasteiger partial charge in [-0.05, 0) is 0 Å². The van der Waals surface area contributed by atoms with Gasteiger partial charge in [0.2, 0.25) is 0 Å². The zero-order valence-electron chi connectivity index (χ0n) is 12.9. The van der Waals surface area contributed by atoms with Crippen molar-refractivity contribution < 1.29 is 0 Å². The summed E-state index contributed by atoms with van der Waals surface area (Å²) in [6.45, 7) is 4.51.